The lowest BCUT2D eigenvalue weighted by molar-refractivity contribution is -0.135. The van der Waals surface area contributed by atoms with Crippen molar-refractivity contribution in [3.8, 4) is 17.2 Å². The third-order valence-corrected chi connectivity index (χ3v) is 4.32. The Balaban J connectivity index is 2.25. The highest BCUT2D eigenvalue weighted by Gasteiger charge is 2.13. The van der Waals surface area contributed by atoms with E-state index in [9.17, 15) is 4.79 Å². The Morgan fingerprint density at radius 3 is 2.80 bits per heavy atom. The number of nitrogens with zero attached hydrogens (tertiary/aromatic N) is 3. The van der Waals surface area contributed by atoms with Gasteiger partial charge in [-0.05, 0) is 47.5 Å². The van der Waals surface area contributed by atoms with E-state index in [1.165, 1.54) is 0 Å². The van der Waals surface area contributed by atoms with Gasteiger partial charge in [0, 0.05) is 16.9 Å². The van der Waals surface area contributed by atoms with Crippen LogP contribution < -0.4 is 4.90 Å². The zero-order chi connectivity index (χ0) is 18.0. The van der Waals surface area contributed by atoms with Gasteiger partial charge in [0.1, 0.15) is 12.4 Å². The van der Waals surface area contributed by atoms with Gasteiger partial charge < -0.3 is 10.0 Å². The number of hydrogen-bond acceptors (Lipinski definition) is 4. The molecule has 0 atom stereocenters. The molecule has 0 aliphatic heterocycles. The van der Waals surface area contributed by atoms with E-state index in [1.54, 1.807) is 18.0 Å². The van der Waals surface area contributed by atoms with Crippen molar-refractivity contribution >= 4 is 38.6 Å². The number of likely N-dealkylation sites (N-methyl/N-ethyl adjacent to an activating group) is 1. The maximum absolute atomic E-state index is 11.0. The molecule has 3 aromatic rings. The summed E-state index contributed by atoms with van der Waals surface area (Å²) in [7, 11) is 1.69. The van der Waals surface area contributed by atoms with Crippen molar-refractivity contribution in [1.82, 2.24) is 4.98 Å². The average Bonchev–Trinajstić information content (AvgIpc) is 2.60. The van der Waals surface area contributed by atoms with E-state index in [-0.39, 0.29) is 6.54 Å². The zero-order valence-corrected chi connectivity index (χ0v) is 15.0. The standard InChI is InChI=1S/C19H14BrN3O2/c1-23(11-19(24)25)18-9-15(13-4-2-3-12(7-13)10-21)16-8-14(20)5-6-17(16)22-18/h2-9H,11H2,1H3,(H,24,25). The smallest absolute Gasteiger partial charge is 0.323 e. The van der Waals surface area contributed by atoms with Gasteiger partial charge in [-0.3, -0.25) is 4.79 Å². The quantitative estimate of drug-likeness (QED) is 0.720. The summed E-state index contributed by atoms with van der Waals surface area (Å²) in [6, 6.07) is 17.1. The second-order valence-corrected chi connectivity index (χ2v) is 6.55. The maximum atomic E-state index is 11.0. The first-order valence-electron chi connectivity index (χ1n) is 7.51. The van der Waals surface area contributed by atoms with Crippen molar-refractivity contribution in [2.45, 2.75) is 0 Å². The lowest BCUT2D eigenvalue weighted by Crippen LogP contribution is -2.25. The van der Waals surface area contributed by atoms with E-state index >= 15 is 0 Å². The van der Waals surface area contributed by atoms with Crippen LogP contribution >= 0.6 is 15.9 Å². The van der Waals surface area contributed by atoms with Crippen LogP contribution in [0.3, 0.4) is 0 Å². The molecule has 0 fully saturated rings. The average molecular weight is 396 g/mol. The first-order valence-corrected chi connectivity index (χ1v) is 8.31. The summed E-state index contributed by atoms with van der Waals surface area (Å²) in [6.07, 6.45) is 0. The van der Waals surface area contributed by atoms with Crippen molar-refractivity contribution in [2.75, 3.05) is 18.5 Å². The van der Waals surface area contributed by atoms with Crippen LogP contribution in [0.4, 0.5) is 5.82 Å². The Hall–Kier alpha value is -2.91. The summed E-state index contributed by atoms with van der Waals surface area (Å²) < 4.78 is 0.922. The number of aromatic nitrogens is 1. The number of carbonyl (C=O) groups is 1. The van der Waals surface area contributed by atoms with Crippen molar-refractivity contribution in [3.63, 3.8) is 0 Å². The number of fused-ring (bicyclic) bond motifs is 1. The highest BCUT2D eigenvalue weighted by molar-refractivity contribution is 9.10. The van der Waals surface area contributed by atoms with Gasteiger partial charge in [-0.15, -0.1) is 0 Å². The topological polar surface area (TPSA) is 77.2 Å². The summed E-state index contributed by atoms with van der Waals surface area (Å²) in [5.41, 5.74) is 3.11. The Kier molecular flexibility index (Phi) is 4.68. The SMILES string of the molecule is CN(CC(=O)O)c1cc(-c2cccc(C#N)c2)c2cc(Br)ccc2n1. The molecule has 2 aromatic carbocycles. The molecule has 124 valence electrons. The number of anilines is 1. The molecular formula is C19H14BrN3O2. The first kappa shape index (κ1) is 16.9. The number of carboxylic acid groups (broad SMARTS) is 1. The molecule has 0 spiro atoms. The van der Waals surface area contributed by atoms with E-state index in [0.717, 1.165) is 26.5 Å². The number of nitriles is 1. The minimum Gasteiger partial charge on any atom is -0.480 e. The Labute approximate surface area is 153 Å². The molecule has 0 bridgehead atoms. The van der Waals surface area contributed by atoms with Gasteiger partial charge >= 0.3 is 5.97 Å². The van der Waals surface area contributed by atoms with Crippen LogP contribution in [0, 0.1) is 11.3 Å². The van der Waals surface area contributed by atoms with E-state index in [1.807, 2.05) is 42.5 Å². The van der Waals surface area contributed by atoms with Crippen LogP contribution in [0.1, 0.15) is 5.56 Å². The molecule has 25 heavy (non-hydrogen) atoms. The van der Waals surface area contributed by atoms with Gasteiger partial charge in [-0.25, -0.2) is 4.98 Å². The predicted octanol–water partition coefficient (Wildman–Crippen LogP) is 4.06. The van der Waals surface area contributed by atoms with Crippen molar-refractivity contribution in [2.24, 2.45) is 0 Å². The molecule has 5 nitrogen and oxygen atoms in total. The number of carboxylic acids is 1. The predicted molar refractivity (Wildman–Crippen MR) is 100 cm³/mol. The van der Waals surface area contributed by atoms with Crippen molar-refractivity contribution in [1.29, 1.82) is 5.26 Å². The van der Waals surface area contributed by atoms with Crippen LogP contribution in [0.15, 0.2) is 53.0 Å². The second kappa shape index (κ2) is 6.91. The van der Waals surface area contributed by atoms with Crippen LogP contribution in [0.2, 0.25) is 0 Å². The van der Waals surface area contributed by atoms with Gasteiger partial charge in [-0.2, -0.15) is 5.26 Å². The molecule has 0 radical (unpaired) electrons. The van der Waals surface area contributed by atoms with Crippen LogP contribution in [-0.2, 0) is 4.79 Å². The van der Waals surface area contributed by atoms with Crippen molar-refractivity contribution in [3.05, 3.63) is 58.6 Å². The van der Waals surface area contributed by atoms with Crippen LogP contribution in [0.25, 0.3) is 22.0 Å². The van der Waals surface area contributed by atoms with Crippen LogP contribution in [0.5, 0.6) is 0 Å². The summed E-state index contributed by atoms with van der Waals surface area (Å²) >= 11 is 3.48. The third kappa shape index (κ3) is 3.62. The molecule has 3 rings (SSSR count). The number of hydrogen-bond donors (Lipinski definition) is 1. The van der Waals surface area contributed by atoms with Gasteiger partial charge in [0.05, 0.1) is 17.1 Å². The number of benzene rings is 2. The minimum absolute atomic E-state index is 0.146. The molecule has 0 saturated carbocycles. The number of aliphatic carboxylic acids is 1. The van der Waals surface area contributed by atoms with Gasteiger partial charge in [0.25, 0.3) is 0 Å². The number of rotatable bonds is 4. The zero-order valence-electron chi connectivity index (χ0n) is 13.4. The number of halogens is 1. The molecule has 6 heteroatoms. The van der Waals surface area contributed by atoms with E-state index in [4.69, 9.17) is 10.4 Å². The second-order valence-electron chi connectivity index (χ2n) is 5.63. The Morgan fingerprint density at radius 1 is 1.28 bits per heavy atom. The first-order chi connectivity index (χ1) is 12.0. The van der Waals surface area contributed by atoms with Crippen LogP contribution in [-0.4, -0.2) is 29.7 Å². The molecular weight excluding hydrogens is 382 g/mol. The fourth-order valence-electron chi connectivity index (χ4n) is 2.66. The van der Waals surface area contributed by atoms with E-state index in [2.05, 4.69) is 27.0 Å². The van der Waals surface area contributed by atoms with E-state index in [0.29, 0.717) is 11.4 Å². The monoisotopic (exact) mass is 395 g/mol. The molecule has 1 aromatic heterocycles. The largest absolute Gasteiger partial charge is 0.480 e. The van der Waals surface area contributed by atoms with E-state index < -0.39 is 5.97 Å². The molecule has 0 amide bonds. The fourth-order valence-corrected chi connectivity index (χ4v) is 3.02. The molecule has 0 aliphatic rings. The fraction of sp³-hybridized carbons (Fsp3) is 0.105. The minimum atomic E-state index is -0.923. The summed E-state index contributed by atoms with van der Waals surface area (Å²) in [4.78, 5) is 17.2. The van der Waals surface area contributed by atoms with Gasteiger partial charge in [-0.1, -0.05) is 28.1 Å². The maximum Gasteiger partial charge on any atom is 0.323 e. The summed E-state index contributed by atoms with van der Waals surface area (Å²) in [5, 5.41) is 19.1. The molecule has 1 heterocycles. The third-order valence-electron chi connectivity index (χ3n) is 3.82. The number of pyridine rings is 1. The molecule has 1 N–H and O–H groups in total. The normalized spacial score (nSPS) is 10.4. The molecule has 0 saturated heterocycles. The van der Waals surface area contributed by atoms with Gasteiger partial charge in [0.2, 0.25) is 0 Å². The lowest BCUT2D eigenvalue weighted by atomic mass is 9.99. The Morgan fingerprint density at radius 2 is 2.08 bits per heavy atom. The summed E-state index contributed by atoms with van der Waals surface area (Å²) in [6.45, 7) is -0.146. The highest BCUT2D eigenvalue weighted by Crippen LogP contribution is 2.33. The van der Waals surface area contributed by atoms with Gasteiger partial charge in [0.15, 0.2) is 0 Å². The van der Waals surface area contributed by atoms with Crippen molar-refractivity contribution < 1.29 is 9.90 Å². The lowest BCUT2D eigenvalue weighted by Gasteiger charge is -2.18. The summed E-state index contributed by atoms with van der Waals surface area (Å²) in [5.74, 6) is -0.359. The molecule has 0 unspecified atom stereocenters. The Bertz CT molecular complexity index is 1010. The molecule has 0 aliphatic carbocycles. The highest BCUT2D eigenvalue weighted by atomic mass is 79.9.